The summed E-state index contributed by atoms with van der Waals surface area (Å²) in [4.78, 5) is 0. The quantitative estimate of drug-likeness (QED) is 0.667. The maximum Gasteiger partial charge on any atom is 0.123 e. The zero-order chi connectivity index (χ0) is 12.8. The van der Waals surface area contributed by atoms with Gasteiger partial charge in [0.15, 0.2) is 0 Å². The van der Waals surface area contributed by atoms with Crippen molar-refractivity contribution in [3.8, 4) is 0 Å². The first kappa shape index (κ1) is 13.0. The van der Waals surface area contributed by atoms with Crippen molar-refractivity contribution in [2.24, 2.45) is 0 Å². The normalized spacial score (nSPS) is 11.0. The van der Waals surface area contributed by atoms with Gasteiger partial charge in [-0.15, -0.1) is 0 Å². The van der Waals surface area contributed by atoms with Crippen LogP contribution in [0.1, 0.15) is 31.2 Å². The van der Waals surface area contributed by atoms with Crippen molar-refractivity contribution in [2.45, 2.75) is 32.1 Å². The Kier molecular flexibility index (Phi) is 4.71. The van der Waals surface area contributed by atoms with Gasteiger partial charge in [-0.3, -0.25) is 0 Å². The molecule has 0 spiro atoms. The molecule has 95 valence electrons. The molecule has 2 rings (SSSR count). The van der Waals surface area contributed by atoms with Gasteiger partial charge in [-0.05, 0) is 47.7 Å². The van der Waals surface area contributed by atoms with Crippen LogP contribution in [0.15, 0.2) is 36.4 Å². The van der Waals surface area contributed by atoms with E-state index in [9.17, 15) is 9.50 Å². The molecule has 0 amide bonds. The van der Waals surface area contributed by atoms with Crippen LogP contribution >= 0.6 is 0 Å². The minimum atomic E-state index is -0.187. The first-order chi connectivity index (χ1) is 8.79. The highest BCUT2D eigenvalue weighted by Gasteiger charge is 1.99. The van der Waals surface area contributed by atoms with E-state index in [0.717, 1.165) is 42.9 Å². The molecule has 0 N–H and O–H groups in total. The Labute approximate surface area is 107 Å². The largest absolute Gasteiger partial charge is 0.237 e. The maximum atomic E-state index is 13.0. The van der Waals surface area contributed by atoms with Crippen LogP contribution in [0.5, 0.6) is 0 Å². The summed E-state index contributed by atoms with van der Waals surface area (Å²) in [7, 11) is 0. The van der Waals surface area contributed by atoms with E-state index in [2.05, 4.69) is 12.1 Å². The van der Waals surface area contributed by atoms with Crippen molar-refractivity contribution in [1.82, 2.24) is 0 Å². The van der Waals surface area contributed by atoms with E-state index < -0.39 is 0 Å². The van der Waals surface area contributed by atoms with E-state index in [-0.39, 0.29) is 12.4 Å². The highest BCUT2D eigenvalue weighted by atomic mass is 19.1. The van der Waals surface area contributed by atoms with Gasteiger partial charge in [0.25, 0.3) is 0 Å². The Morgan fingerprint density at radius 1 is 0.833 bits per heavy atom. The third-order valence-electron chi connectivity index (χ3n) is 3.23. The van der Waals surface area contributed by atoms with E-state index in [1.807, 2.05) is 12.1 Å². The lowest BCUT2D eigenvalue weighted by atomic mass is 10.0. The van der Waals surface area contributed by atoms with Crippen molar-refractivity contribution in [2.75, 3.05) is 6.61 Å². The zero-order valence-corrected chi connectivity index (χ0v) is 10.5. The Balaban J connectivity index is 1.95. The zero-order valence-electron chi connectivity index (χ0n) is 10.5. The predicted molar refractivity (Wildman–Crippen MR) is 71.6 cm³/mol. The van der Waals surface area contributed by atoms with Crippen LogP contribution in [0.4, 0.5) is 4.39 Å². The molecule has 0 aliphatic heterocycles. The van der Waals surface area contributed by atoms with Gasteiger partial charge in [-0.25, -0.2) is 9.50 Å². The molecule has 18 heavy (non-hydrogen) atoms. The van der Waals surface area contributed by atoms with Crippen LogP contribution in [-0.4, -0.2) is 6.61 Å². The van der Waals surface area contributed by atoms with Gasteiger partial charge in [0.2, 0.25) is 0 Å². The number of fused-ring (bicyclic) bond motifs is 1. The second-order valence-electron chi connectivity index (χ2n) is 4.69. The van der Waals surface area contributed by atoms with E-state index in [4.69, 9.17) is 0 Å². The summed E-state index contributed by atoms with van der Waals surface area (Å²) in [5, 5.41) is 12.3. The Morgan fingerprint density at radius 2 is 1.56 bits per heavy atom. The molecule has 0 aliphatic rings. The molecule has 0 bridgehead atoms. The average molecular weight is 245 g/mol. The molecule has 2 heteroatoms. The van der Waals surface area contributed by atoms with E-state index in [1.165, 1.54) is 11.6 Å². The molecule has 0 saturated carbocycles. The van der Waals surface area contributed by atoms with Crippen LogP contribution in [0.3, 0.4) is 0 Å². The number of aryl methyl sites for hydroxylation is 1. The lowest BCUT2D eigenvalue weighted by Crippen LogP contribution is -1.88. The smallest absolute Gasteiger partial charge is 0.123 e. The third-order valence-corrected chi connectivity index (χ3v) is 3.23. The van der Waals surface area contributed by atoms with Crippen molar-refractivity contribution >= 4 is 10.8 Å². The number of hydrogen-bond acceptors (Lipinski definition) is 0. The lowest BCUT2D eigenvalue weighted by molar-refractivity contribution is 0.186. The van der Waals surface area contributed by atoms with Crippen LogP contribution in [-0.2, 0) is 11.5 Å². The third kappa shape index (κ3) is 3.54. The van der Waals surface area contributed by atoms with E-state index in [1.54, 1.807) is 6.07 Å². The summed E-state index contributed by atoms with van der Waals surface area (Å²) < 4.78 is 13.0. The summed E-state index contributed by atoms with van der Waals surface area (Å²) in [6.45, 7) is 0.0432. The fraction of sp³-hybridized carbons (Fsp3) is 0.375. The topological polar surface area (TPSA) is 19.9 Å². The molecule has 0 aliphatic carbocycles. The fourth-order valence-electron chi connectivity index (χ4n) is 2.21. The average Bonchev–Trinajstić information content (AvgIpc) is 2.38. The molecule has 0 heterocycles. The lowest BCUT2D eigenvalue weighted by Gasteiger charge is -2.04. The molecular formula is C16H18FO. The molecular weight excluding hydrogens is 227 g/mol. The monoisotopic (exact) mass is 245 g/mol. The SMILES string of the molecule is [O]CCCCCCc1ccc2cc(F)ccc2c1. The number of hydrogen-bond donors (Lipinski definition) is 0. The molecule has 2 aromatic carbocycles. The van der Waals surface area contributed by atoms with Gasteiger partial charge in [-0.1, -0.05) is 37.1 Å². The molecule has 2 aromatic rings. The summed E-state index contributed by atoms with van der Waals surface area (Å²) in [6.07, 6.45) is 5.09. The summed E-state index contributed by atoms with van der Waals surface area (Å²) >= 11 is 0. The summed E-state index contributed by atoms with van der Waals surface area (Å²) in [5.41, 5.74) is 1.29. The Bertz CT molecular complexity index is 507. The minimum absolute atomic E-state index is 0.0432. The number of unbranched alkanes of at least 4 members (excludes halogenated alkanes) is 3. The van der Waals surface area contributed by atoms with Crippen LogP contribution < -0.4 is 0 Å². The Morgan fingerprint density at radius 3 is 2.39 bits per heavy atom. The molecule has 0 atom stereocenters. The molecule has 1 nitrogen and oxygen atoms in total. The summed E-state index contributed by atoms with van der Waals surface area (Å²) in [5.74, 6) is -0.187. The van der Waals surface area contributed by atoms with Crippen LogP contribution in [0.25, 0.3) is 10.8 Å². The Hall–Kier alpha value is -1.41. The van der Waals surface area contributed by atoms with Gasteiger partial charge in [0.1, 0.15) is 5.82 Å². The highest BCUT2D eigenvalue weighted by molar-refractivity contribution is 5.83. The molecule has 0 fully saturated rings. The number of benzene rings is 2. The van der Waals surface area contributed by atoms with Gasteiger partial charge >= 0.3 is 0 Å². The highest BCUT2D eigenvalue weighted by Crippen LogP contribution is 2.18. The van der Waals surface area contributed by atoms with Gasteiger partial charge in [-0.2, -0.15) is 0 Å². The van der Waals surface area contributed by atoms with Gasteiger partial charge < -0.3 is 0 Å². The van der Waals surface area contributed by atoms with Crippen LogP contribution in [0, 0.1) is 5.82 Å². The van der Waals surface area contributed by atoms with Crippen molar-refractivity contribution in [3.05, 3.63) is 47.8 Å². The molecule has 1 radical (unpaired) electrons. The minimum Gasteiger partial charge on any atom is -0.237 e. The fourth-order valence-corrected chi connectivity index (χ4v) is 2.21. The number of rotatable bonds is 6. The standard InChI is InChI=1S/C16H18FO/c17-16-9-8-14-11-13(6-7-15(14)12-16)5-3-1-2-4-10-18/h6-9,11-12H,1-5,10H2. The summed E-state index contributed by atoms with van der Waals surface area (Å²) in [6, 6.07) is 11.1. The maximum absolute atomic E-state index is 13.0. The van der Waals surface area contributed by atoms with E-state index >= 15 is 0 Å². The van der Waals surface area contributed by atoms with E-state index in [0.29, 0.717) is 0 Å². The van der Waals surface area contributed by atoms with Gasteiger partial charge in [0.05, 0.1) is 6.61 Å². The number of halogens is 1. The van der Waals surface area contributed by atoms with Crippen molar-refractivity contribution in [3.63, 3.8) is 0 Å². The van der Waals surface area contributed by atoms with Crippen molar-refractivity contribution in [1.29, 1.82) is 0 Å². The van der Waals surface area contributed by atoms with Crippen LogP contribution in [0.2, 0.25) is 0 Å². The molecule has 0 saturated heterocycles. The molecule has 0 aromatic heterocycles. The van der Waals surface area contributed by atoms with Crippen molar-refractivity contribution < 1.29 is 9.50 Å². The molecule has 0 unspecified atom stereocenters. The first-order valence-corrected chi connectivity index (χ1v) is 6.56. The predicted octanol–water partition coefficient (Wildman–Crippen LogP) is 4.51. The second-order valence-corrected chi connectivity index (χ2v) is 4.69. The van der Waals surface area contributed by atoms with Gasteiger partial charge in [0, 0.05) is 0 Å². The second kappa shape index (κ2) is 6.50. The first-order valence-electron chi connectivity index (χ1n) is 6.56.